The monoisotopic (exact) mass is 312 g/mol. The minimum Gasteiger partial charge on any atom is -0.497 e. The van der Waals surface area contributed by atoms with E-state index in [9.17, 15) is 9.59 Å². The molecule has 1 atom stereocenters. The number of hydrogen-bond donors (Lipinski definition) is 1. The average Bonchev–Trinajstić information content (AvgIpc) is 2.88. The minimum absolute atomic E-state index is 0.174. The Morgan fingerprint density at radius 2 is 2.04 bits per heavy atom. The molecule has 2 N–H and O–H groups in total. The third-order valence-electron chi connectivity index (χ3n) is 3.87. The number of pyridine rings is 1. The molecular formula is C17H18N3O3+. The second-order valence-electron chi connectivity index (χ2n) is 5.38. The molecule has 0 unspecified atom stereocenters. The highest BCUT2D eigenvalue weighted by Gasteiger charge is 2.42. The zero-order chi connectivity index (χ0) is 16.2. The van der Waals surface area contributed by atoms with Crippen molar-refractivity contribution in [2.75, 3.05) is 12.0 Å². The number of anilines is 1. The largest absolute Gasteiger partial charge is 0.497 e. The van der Waals surface area contributed by atoms with Gasteiger partial charge in [-0.25, -0.2) is 4.90 Å². The van der Waals surface area contributed by atoms with Crippen LogP contribution in [0.3, 0.4) is 0 Å². The lowest BCUT2D eigenvalue weighted by Crippen LogP contribution is -2.90. The van der Waals surface area contributed by atoms with E-state index in [0.29, 0.717) is 18.0 Å². The minimum atomic E-state index is -0.384. The number of imide groups is 1. The quantitative estimate of drug-likeness (QED) is 0.815. The van der Waals surface area contributed by atoms with Gasteiger partial charge in [-0.15, -0.1) is 0 Å². The molecule has 0 bridgehead atoms. The van der Waals surface area contributed by atoms with E-state index in [1.807, 2.05) is 17.4 Å². The summed E-state index contributed by atoms with van der Waals surface area (Å²) in [4.78, 5) is 30.0. The number of quaternary nitrogens is 1. The smallest absolute Gasteiger partial charge is 0.292 e. The zero-order valence-corrected chi connectivity index (χ0v) is 12.8. The van der Waals surface area contributed by atoms with Gasteiger partial charge in [0.05, 0.1) is 19.2 Å². The second kappa shape index (κ2) is 6.58. The fourth-order valence-electron chi connectivity index (χ4n) is 2.64. The van der Waals surface area contributed by atoms with E-state index in [1.165, 1.54) is 4.90 Å². The van der Waals surface area contributed by atoms with Gasteiger partial charge in [0.25, 0.3) is 5.91 Å². The lowest BCUT2D eigenvalue weighted by molar-refractivity contribution is -0.690. The van der Waals surface area contributed by atoms with Crippen molar-refractivity contribution in [3.8, 4) is 5.75 Å². The van der Waals surface area contributed by atoms with Crippen LogP contribution in [0.2, 0.25) is 0 Å². The molecule has 1 aliphatic heterocycles. The molecule has 1 aliphatic rings. The molecule has 1 fully saturated rings. The van der Waals surface area contributed by atoms with Gasteiger partial charge in [0.2, 0.25) is 5.91 Å². The third-order valence-corrected chi connectivity index (χ3v) is 3.87. The van der Waals surface area contributed by atoms with Crippen LogP contribution in [-0.2, 0) is 16.1 Å². The summed E-state index contributed by atoms with van der Waals surface area (Å²) >= 11 is 0. The molecule has 3 rings (SSSR count). The number of ether oxygens (including phenoxy) is 1. The van der Waals surface area contributed by atoms with Crippen LogP contribution < -0.4 is 15.0 Å². The van der Waals surface area contributed by atoms with Gasteiger partial charge in [-0.1, -0.05) is 6.07 Å². The predicted octanol–water partition coefficient (Wildman–Crippen LogP) is 0.486. The summed E-state index contributed by atoms with van der Waals surface area (Å²) in [5.41, 5.74) is 1.61. The molecule has 0 saturated carbocycles. The Bertz CT molecular complexity index is 701. The number of methoxy groups -OCH3 is 1. The molecule has 0 aliphatic carbocycles. The van der Waals surface area contributed by atoms with Gasteiger partial charge in [0, 0.05) is 18.0 Å². The molecule has 2 amide bonds. The summed E-state index contributed by atoms with van der Waals surface area (Å²) < 4.78 is 5.09. The molecule has 118 valence electrons. The molecule has 2 aromatic rings. The number of amides is 2. The zero-order valence-electron chi connectivity index (χ0n) is 12.8. The normalized spacial score (nSPS) is 17.6. The van der Waals surface area contributed by atoms with E-state index < -0.39 is 0 Å². The molecule has 0 spiro atoms. The standard InChI is InChI=1S/C17H17N3O3/c1-23-14-6-4-13(5-7-14)20-16(21)9-15(17(20)22)19-11-12-3-2-8-18-10-12/h2-8,10,15,19H,9,11H2,1H3/p+1/t15-/m0/s1. The van der Waals surface area contributed by atoms with Crippen molar-refractivity contribution in [1.29, 1.82) is 0 Å². The van der Waals surface area contributed by atoms with Crippen molar-refractivity contribution < 1.29 is 19.6 Å². The third kappa shape index (κ3) is 3.22. The molecular weight excluding hydrogens is 294 g/mol. The van der Waals surface area contributed by atoms with E-state index in [0.717, 1.165) is 5.56 Å². The van der Waals surface area contributed by atoms with Crippen LogP contribution in [-0.4, -0.2) is 29.9 Å². The highest BCUT2D eigenvalue weighted by atomic mass is 16.5. The van der Waals surface area contributed by atoms with Crippen molar-refractivity contribution in [3.63, 3.8) is 0 Å². The summed E-state index contributed by atoms with van der Waals surface area (Å²) in [6.45, 7) is 0.619. The summed E-state index contributed by atoms with van der Waals surface area (Å²) in [6.07, 6.45) is 3.68. The summed E-state index contributed by atoms with van der Waals surface area (Å²) in [5.74, 6) is 0.337. The van der Waals surface area contributed by atoms with Crippen LogP contribution in [0.5, 0.6) is 5.75 Å². The van der Waals surface area contributed by atoms with Crippen molar-refractivity contribution in [2.45, 2.75) is 19.0 Å². The number of nitrogens with zero attached hydrogens (tertiary/aromatic N) is 2. The Hall–Kier alpha value is -2.73. The number of aromatic nitrogens is 1. The summed E-state index contributed by atoms with van der Waals surface area (Å²) in [6, 6.07) is 10.3. The van der Waals surface area contributed by atoms with Gasteiger partial charge in [-0.3, -0.25) is 14.6 Å². The lowest BCUT2D eigenvalue weighted by Gasteiger charge is -2.14. The molecule has 6 heteroatoms. The first kappa shape index (κ1) is 15.2. The highest BCUT2D eigenvalue weighted by Crippen LogP contribution is 2.24. The van der Waals surface area contributed by atoms with E-state index >= 15 is 0 Å². The number of carbonyl (C=O) groups is 2. The average molecular weight is 312 g/mol. The van der Waals surface area contributed by atoms with Crippen LogP contribution >= 0.6 is 0 Å². The maximum atomic E-state index is 12.5. The number of benzene rings is 1. The first-order chi connectivity index (χ1) is 11.2. The van der Waals surface area contributed by atoms with E-state index in [1.54, 1.807) is 43.8 Å². The Labute approximate surface area is 134 Å². The first-order valence-corrected chi connectivity index (χ1v) is 7.42. The molecule has 23 heavy (non-hydrogen) atoms. The second-order valence-corrected chi connectivity index (χ2v) is 5.38. The molecule has 1 aromatic heterocycles. The highest BCUT2D eigenvalue weighted by molar-refractivity contribution is 6.21. The number of nitrogens with two attached hydrogens (primary N) is 1. The van der Waals surface area contributed by atoms with Gasteiger partial charge in [-0.05, 0) is 30.3 Å². The predicted molar refractivity (Wildman–Crippen MR) is 83.8 cm³/mol. The number of hydrogen-bond acceptors (Lipinski definition) is 4. The Kier molecular flexibility index (Phi) is 4.34. The molecule has 0 radical (unpaired) electrons. The fraction of sp³-hybridized carbons (Fsp3) is 0.235. The molecule has 1 aromatic carbocycles. The summed E-state index contributed by atoms with van der Waals surface area (Å²) in [5, 5.41) is 1.89. The first-order valence-electron chi connectivity index (χ1n) is 7.42. The Morgan fingerprint density at radius 3 is 2.70 bits per heavy atom. The van der Waals surface area contributed by atoms with Crippen molar-refractivity contribution in [3.05, 3.63) is 54.4 Å². The van der Waals surface area contributed by atoms with Gasteiger partial charge < -0.3 is 10.1 Å². The van der Waals surface area contributed by atoms with Gasteiger partial charge in [0.1, 0.15) is 12.3 Å². The molecule has 6 nitrogen and oxygen atoms in total. The number of carbonyl (C=O) groups excluding carboxylic acids is 2. The van der Waals surface area contributed by atoms with Gasteiger partial charge in [0.15, 0.2) is 6.04 Å². The topological polar surface area (TPSA) is 76.1 Å². The van der Waals surface area contributed by atoms with Crippen LogP contribution in [0, 0.1) is 0 Å². The number of rotatable bonds is 5. The Balaban J connectivity index is 1.69. The molecule has 1 saturated heterocycles. The van der Waals surface area contributed by atoms with E-state index in [4.69, 9.17) is 4.74 Å². The van der Waals surface area contributed by atoms with E-state index in [-0.39, 0.29) is 24.3 Å². The maximum Gasteiger partial charge on any atom is 0.292 e. The van der Waals surface area contributed by atoms with Crippen LogP contribution in [0.15, 0.2) is 48.8 Å². The molecule has 2 heterocycles. The van der Waals surface area contributed by atoms with Crippen LogP contribution in [0.25, 0.3) is 0 Å². The van der Waals surface area contributed by atoms with Crippen molar-refractivity contribution >= 4 is 17.5 Å². The Morgan fingerprint density at radius 1 is 1.26 bits per heavy atom. The van der Waals surface area contributed by atoms with Crippen molar-refractivity contribution in [1.82, 2.24) is 4.98 Å². The van der Waals surface area contributed by atoms with Crippen molar-refractivity contribution in [2.24, 2.45) is 0 Å². The van der Waals surface area contributed by atoms with Crippen LogP contribution in [0.1, 0.15) is 12.0 Å². The SMILES string of the molecule is COc1ccc(N2C(=O)C[C@H]([NH2+]Cc3cccnc3)C2=O)cc1. The lowest BCUT2D eigenvalue weighted by atomic mass is 10.2. The van der Waals surface area contributed by atoms with Crippen LogP contribution in [0.4, 0.5) is 5.69 Å². The van der Waals surface area contributed by atoms with E-state index in [2.05, 4.69) is 4.98 Å². The maximum absolute atomic E-state index is 12.5. The summed E-state index contributed by atoms with van der Waals surface area (Å²) in [7, 11) is 1.57. The van der Waals surface area contributed by atoms with Gasteiger partial charge >= 0.3 is 0 Å². The fourth-order valence-corrected chi connectivity index (χ4v) is 2.64. The van der Waals surface area contributed by atoms with Gasteiger partial charge in [-0.2, -0.15) is 0 Å².